The minimum absolute atomic E-state index is 0.200. The van der Waals surface area contributed by atoms with Crippen molar-refractivity contribution in [2.75, 3.05) is 0 Å². The Morgan fingerprint density at radius 1 is 1.24 bits per heavy atom. The fourth-order valence-electron chi connectivity index (χ4n) is 1.90. The van der Waals surface area contributed by atoms with Gasteiger partial charge in [0.1, 0.15) is 6.04 Å². The van der Waals surface area contributed by atoms with Crippen molar-refractivity contribution < 1.29 is 24.9 Å². The first kappa shape index (κ1) is 16.6. The smallest absolute Gasteiger partial charge is 0.327 e. The van der Waals surface area contributed by atoms with Gasteiger partial charge in [-0.1, -0.05) is 26.5 Å². The molecule has 1 atom stereocenters. The van der Waals surface area contributed by atoms with Crippen LogP contribution in [0.5, 0.6) is 11.5 Å². The fraction of sp³-hybridized carbons (Fsp3) is 0.333. The van der Waals surface area contributed by atoms with Gasteiger partial charge in [0.25, 0.3) is 0 Å². The first-order valence-corrected chi connectivity index (χ1v) is 6.29. The third-order valence-corrected chi connectivity index (χ3v) is 3.35. The number of phenolic OH excluding ortho intramolecular Hbond substituents is 2. The average molecular weight is 293 g/mol. The van der Waals surface area contributed by atoms with Crippen LogP contribution in [0.2, 0.25) is 0 Å². The van der Waals surface area contributed by atoms with Crippen LogP contribution in [0.15, 0.2) is 30.4 Å². The summed E-state index contributed by atoms with van der Waals surface area (Å²) in [5.41, 5.74) is -0.347. The molecule has 0 aliphatic carbocycles. The number of benzene rings is 1. The van der Waals surface area contributed by atoms with Gasteiger partial charge >= 0.3 is 5.97 Å². The summed E-state index contributed by atoms with van der Waals surface area (Å²) in [5, 5.41) is 30.7. The van der Waals surface area contributed by atoms with Crippen molar-refractivity contribution in [3.05, 3.63) is 35.9 Å². The molecule has 1 aromatic rings. The number of amides is 1. The molecule has 0 heterocycles. The summed E-state index contributed by atoms with van der Waals surface area (Å²) in [5.74, 6) is -2.41. The molecule has 0 fully saturated rings. The molecule has 1 aromatic carbocycles. The molecule has 0 saturated heterocycles. The van der Waals surface area contributed by atoms with Gasteiger partial charge in [0.05, 0.1) is 0 Å². The Morgan fingerprint density at radius 3 is 2.24 bits per heavy atom. The predicted molar refractivity (Wildman–Crippen MR) is 77.2 cm³/mol. The first-order valence-electron chi connectivity index (χ1n) is 6.29. The number of aliphatic carboxylic acids is 1. The summed E-state index contributed by atoms with van der Waals surface area (Å²) in [4.78, 5) is 23.2. The topological polar surface area (TPSA) is 107 Å². The van der Waals surface area contributed by atoms with Crippen LogP contribution in [-0.4, -0.2) is 33.2 Å². The van der Waals surface area contributed by atoms with Crippen LogP contribution < -0.4 is 5.32 Å². The van der Waals surface area contributed by atoms with Crippen LogP contribution in [0.4, 0.5) is 0 Å². The number of hydrogen-bond acceptors (Lipinski definition) is 4. The number of carboxylic acid groups (broad SMARTS) is 1. The Labute approximate surface area is 122 Å². The van der Waals surface area contributed by atoms with Crippen molar-refractivity contribution in [1.29, 1.82) is 0 Å². The summed E-state index contributed by atoms with van der Waals surface area (Å²) in [6.45, 7) is 8.19. The highest BCUT2D eigenvalue weighted by Crippen LogP contribution is 2.34. The molecule has 0 spiro atoms. The minimum Gasteiger partial charge on any atom is -0.504 e. The highest BCUT2D eigenvalue weighted by atomic mass is 16.4. The zero-order valence-electron chi connectivity index (χ0n) is 12.2. The van der Waals surface area contributed by atoms with Crippen molar-refractivity contribution in [3.63, 3.8) is 0 Å². The van der Waals surface area contributed by atoms with Crippen LogP contribution in [0, 0.1) is 0 Å². The van der Waals surface area contributed by atoms with Gasteiger partial charge < -0.3 is 20.6 Å². The molecule has 0 aliphatic heterocycles. The van der Waals surface area contributed by atoms with Crippen molar-refractivity contribution in [1.82, 2.24) is 5.32 Å². The quantitative estimate of drug-likeness (QED) is 0.486. The number of rotatable bonds is 5. The lowest BCUT2D eigenvalue weighted by Crippen LogP contribution is -2.52. The van der Waals surface area contributed by atoms with Gasteiger partial charge in [0.15, 0.2) is 11.5 Å². The van der Waals surface area contributed by atoms with E-state index in [1.807, 2.05) is 0 Å². The number of nitrogens with one attached hydrogen (secondary N) is 1. The molecule has 1 amide bonds. The second-order valence-corrected chi connectivity index (χ2v) is 5.45. The fourth-order valence-corrected chi connectivity index (χ4v) is 1.90. The molecule has 0 aliphatic rings. The Balaban J connectivity index is 3.20. The number of hydrogen-bond donors (Lipinski definition) is 4. The number of carbonyl (C=O) groups is 2. The van der Waals surface area contributed by atoms with E-state index in [-0.39, 0.29) is 17.1 Å². The second kappa shape index (κ2) is 5.87. The average Bonchev–Trinajstić information content (AvgIpc) is 2.37. The maximum absolute atomic E-state index is 11.7. The van der Waals surface area contributed by atoms with Crippen molar-refractivity contribution >= 4 is 11.9 Å². The Hall–Kier alpha value is -2.50. The largest absolute Gasteiger partial charge is 0.504 e. The molecule has 1 rings (SSSR count). The number of carbonyl (C=O) groups excluding carboxylic acids is 1. The maximum Gasteiger partial charge on any atom is 0.327 e. The van der Waals surface area contributed by atoms with Crippen molar-refractivity contribution in [3.8, 4) is 11.5 Å². The molecule has 4 N–H and O–H groups in total. The molecule has 0 bridgehead atoms. The molecule has 6 heteroatoms. The highest BCUT2D eigenvalue weighted by molar-refractivity contribution is 5.95. The summed E-state index contributed by atoms with van der Waals surface area (Å²) in [7, 11) is 0. The Kier molecular flexibility index (Phi) is 4.62. The van der Waals surface area contributed by atoms with E-state index in [4.69, 9.17) is 0 Å². The third-order valence-electron chi connectivity index (χ3n) is 3.35. The van der Waals surface area contributed by atoms with Gasteiger partial charge in [0, 0.05) is 11.0 Å². The van der Waals surface area contributed by atoms with Crippen molar-refractivity contribution in [2.24, 2.45) is 0 Å². The summed E-state index contributed by atoms with van der Waals surface area (Å²) >= 11 is 0. The lowest BCUT2D eigenvalue weighted by atomic mass is 9.77. The van der Waals surface area contributed by atoms with Gasteiger partial charge in [-0.2, -0.15) is 0 Å². The van der Waals surface area contributed by atoms with Crippen LogP contribution >= 0.6 is 0 Å². The lowest BCUT2D eigenvalue weighted by Gasteiger charge is -2.32. The molecule has 0 saturated carbocycles. The van der Waals surface area contributed by atoms with E-state index in [1.165, 1.54) is 25.1 Å². The molecular weight excluding hydrogens is 274 g/mol. The lowest BCUT2D eigenvalue weighted by molar-refractivity contribution is -0.143. The third kappa shape index (κ3) is 3.53. The van der Waals surface area contributed by atoms with Crippen molar-refractivity contribution in [2.45, 2.75) is 32.2 Å². The standard InChI is InChI=1S/C15H19NO5/c1-8(2)13(19)16-12(14(20)21)15(3,4)9-5-6-10(17)11(18)7-9/h5-7,12,17-18H,1H2,2-4H3,(H,16,19)(H,20,21). The molecular formula is C15H19NO5. The van der Waals surface area contributed by atoms with Gasteiger partial charge in [-0.3, -0.25) is 4.79 Å². The van der Waals surface area contributed by atoms with E-state index in [0.29, 0.717) is 5.56 Å². The molecule has 0 radical (unpaired) electrons. The van der Waals surface area contributed by atoms with Crippen LogP contribution in [-0.2, 0) is 15.0 Å². The van der Waals surface area contributed by atoms with E-state index in [0.717, 1.165) is 0 Å². The molecule has 6 nitrogen and oxygen atoms in total. The monoisotopic (exact) mass is 293 g/mol. The van der Waals surface area contributed by atoms with E-state index in [2.05, 4.69) is 11.9 Å². The molecule has 21 heavy (non-hydrogen) atoms. The van der Waals surface area contributed by atoms with Gasteiger partial charge in [-0.25, -0.2) is 4.79 Å². The highest BCUT2D eigenvalue weighted by Gasteiger charge is 2.38. The SMILES string of the molecule is C=C(C)C(=O)NC(C(=O)O)C(C)(C)c1ccc(O)c(O)c1. The molecule has 1 unspecified atom stereocenters. The van der Waals surface area contributed by atoms with E-state index < -0.39 is 23.3 Å². The van der Waals surface area contributed by atoms with E-state index >= 15 is 0 Å². The maximum atomic E-state index is 11.7. The van der Waals surface area contributed by atoms with Gasteiger partial charge in [-0.05, 0) is 24.6 Å². The van der Waals surface area contributed by atoms with E-state index in [9.17, 15) is 24.9 Å². The van der Waals surface area contributed by atoms with Crippen LogP contribution in [0.1, 0.15) is 26.3 Å². The normalized spacial score (nSPS) is 12.5. The zero-order valence-corrected chi connectivity index (χ0v) is 12.2. The summed E-state index contributed by atoms with van der Waals surface area (Å²) in [6.07, 6.45) is 0. The summed E-state index contributed by atoms with van der Waals surface area (Å²) < 4.78 is 0. The molecule has 114 valence electrons. The Morgan fingerprint density at radius 2 is 1.81 bits per heavy atom. The predicted octanol–water partition coefficient (Wildman–Crippen LogP) is 1.52. The molecule has 0 aromatic heterocycles. The Bertz CT molecular complexity index is 592. The summed E-state index contributed by atoms with van der Waals surface area (Å²) in [6, 6.07) is 2.83. The number of phenols is 2. The van der Waals surface area contributed by atoms with Gasteiger partial charge in [-0.15, -0.1) is 0 Å². The van der Waals surface area contributed by atoms with E-state index in [1.54, 1.807) is 13.8 Å². The zero-order chi connectivity index (χ0) is 16.4. The second-order valence-electron chi connectivity index (χ2n) is 5.45. The minimum atomic E-state index is -1.22. The number of carboxylic acids is 1. The van der Waals surface area contributed by atoms with Crippen LogP contribution in [0.3, 0.4) is 0 Å². The van der Waals surface area contributed by atoms with Gasteiger partial charge in [0.2, 0.25) is 5.91 Å². The van der Waals surface area contributed by atoms with Crippen LogP contribution in [0.25, 0.3) is 0 Å². The first-order chi connectivity index (χ1) is 9.57. The number of aromatic hydroxyl groups is 2.